The van der Waals surface area contributed by atoms with Crippen LogP contribution in [0.1, 0.15) is 29.2 Å². The van der Waals surface area contributed by atoms with E-state index in [2.05, 4.69) is 46.0 Å². The van der Waals surface area contributed by atoms with Crippen LogP contribution in [0.25, 0.3) is 0 Å². The Labute approximate surface area is 113 Å². The lowest BCUT2D eigenvalue weighted by Crippen LogP contribution is -2.26. The van der Waals surface area contributed by atoms with Crippen LogP contribution in [0, 0.1) is 12.8 Å². The molecule has 4 heteroatoms. The van der Waals surface area contributed by atoms with Crippen LogP contribution in [0.4, 0.5) is 0 Å². The average molecular weight is 256 g/mol. The predicted molar refractivity (Wildman–Crippen MR) is 74.9 cm³/mol. The summed E-state index contributed by atoms with van der Waals surface area (Å²) in [6.45, 7) is 3.86. The summed E-state index contributed by atoms with van der Waals surface area (Å²) in [5.41, 5.74) is 8.33. The highest BCUT2D eigenvalue weighted by Gasteiger charge is 2.21. The normalized spacial score (nSPS) is 18.3. The van der Waals surface area contributed by atoms with Crippen molar-refractivity contribution in [2.75, 3.05) is 6.54 Å². The summed E-state index contributed by atoms with van der Waals surface area (Å²) < 4.78 is 2.27. The molecule has 100 valence electrons. The number of benzene rings is 1. The SMILES string of the molecule is Cc1ccc(Cc2nnc3n2CCC(CN)C3)cc1. The van der Waals surface area contributed by atoms with E-state index in [1.165, 1.54) is 11.1 Å². The molecule has 1 unspecified atom stereocenters. The third-order valence-electron chi connectivity index (χ3n) is 3.95. The van der Waals surface area contributed by atoms with E-state index in [-0.39, 0.29) is 0 Å². The Balaban J connectivity index is 1.80. The number of fused-ring (bicyclic) bond motifs is 1. The lowest BCUT2D eigenvalue weighted by molar-refractivity contribution is 0.385. The predicted octanol–water partition coefficient (Wildman–Crippen LogP) is 1.70. The first-order valence-corrected chi connectivity index (χ1v) is 6.93. The number of nitrogens with zero attached hydrogens (tertiary/aromatic N) is 3. The molecule has 0 aliphatic carbocycles. The average Bonchev–Trinajstić information content (AvgIpc) is 2.83. The quantitative estimate of drug-likeness (QED) is 0.909. The zero-order valence-corrected chi connectivity index (χ0v) is 11.3. The monoisotopic (exact) mass is 256 g/mol. The second-order valence-electron chi connectivity index (χ2n) is 5.44. The number of rotatable bonds is 3. The second kappa shape index (κ2) is 5.13. The molecule has 1 aromatic carbocycles. The highest BCUT2D eigenvalue weighted by Crippen LogP contribution is 2.20. The minimum absolute atomic E-state index is 0.573. The molecule has 2 N–H and O–H groups in total. The van der Waals surface area contributed by atoms with E-state index < -0.39 is 0 Å². The first-order chi connectivity index (χ1) is 9.26. The number of aromatic nitrogens is 3. The van der Waals surface area contributed by atoms with Gasteiger partial charge in [-0.25, -0.2) is 0 Å². The van der Waals surface area contributed by atoms with Gasteiger partial charge in [-0.3, -0.25) is 0 Å². The van der Waals surface area contributed by atoms with Crippen LogP contribution in [0.3, 0.4) is 0 Å². The molecule has 19 heavy (non-hydrogen) atoms. The van der Waals surface area contributed by atoms with E-state index in [0.717, 1.165) is 44.0 Å². The Kier molecular flexibility index (Phi) is 3.34. The van der Waals surface area contributed by atoms with E-state index in [0.29, 0.717) is 5.92 Å². The van der Waals surface area contributed by atoms with Crippen molar-refractivity contribution < 1.29 is 0 Å². The Morgan fingerprint density at radius 3 is 2.79 bits per heavy atom. The molecule has 3 rings (SSSR count). The van der Waals surface area contributed by atoms with Gasteiger partial charge in [-0.2, -0.15) is 0 Å². The summed E-state index contributed by atoms with van der Waals surface area (Å²) in [6.07, 6.45) is 2.97. The molecule has 0 spiro atoms. The molecule has 2 heterocycles. The molecule has 0 fully saturated rings. The highest BCUT2D eigenvalue weighted by molar-refractivity contribution is 5.24. The van der Waals surface area contributed by atoms with Crippen molar-refractivity contribution in [2.24, 2.45) is 11.7 Å². The van der Waals surface area contributed by atoms with Gasteiger partial charge in [-0.15, -0.1) is 10.2 Å². The van der Waals surface area contributed by atoms with Crippen molar-refractivity contribution in [1.82, 2.24) is 14.8 Å². The van der Waals surface area contributed by atoms with Gasteiger partial charge in [0.15, 0.2) is 0 Å². The molecule has 0 amide bonds. The van der Waals surface area contributed by atoms with Crippen LogP contribution in [-0.2, 0) is 19.4 Å². The summed E-state index contributed by atoms with van der Waals surface area (Å²) in [6, 6.07) is 8.63. The zero-order valence-electron chi connectivity index (χ0n) is 11.3. The van der Waals surface area contributed by atoms with Crippen molar-refractivity contribution in [2.45, 2.75) is 32.7 Å². The Morgan fingerprint density at radius 2 is 2.05 bits per heavy atom. The van der Waals surface area contributed by atoms with Crippen molar-refractivity contribution >= 4 is 0 Å². The minimum Gasteiger partial charge on any atom is -0.330 e. The molecule has 0 bridgehead atoms. The zero-order chi connectivity index (χ0) is 13.2. The molecule has 4 nitrogen and oxygen atoms in total. The molecule has 2 aromatic rings. The van der Waals surface area contributed by atoms with Gasteiger partial charge >= 0.3 is 0 Å². The van der Waals surface area contributed by atoms with Gasteiger partial charge in [0.2, 0.25) is 0 Å². The van der Waals surface area contributed by atoms with E-state index in [1.54, 1.807) is 0 Å². The van der Waals surface area contributed by atoms with Gasteiger partial charge in [0.25, 0.3) is 0 Å². The maximum absolute atomic E-state index is 5.75. The summed E-state index contributed by atoms with van der Waals surface area (Å²) in [4.78, 5) is 0. The molecule has 0 radical (unpaired) electrons. The van der Waals surface area contributed by atoms with Crippen LogP contribution in [-0.4, -0.2) is 21.3 Å². The molecular formula is C15H20N4. The topological polar surface area (TPSA) is 56.7 Å². The van der Waals surface area contributed by atoms with E-state index in [1.807, 2.05) is 0 Å². The fourth-order valence-electron chi connectivity index (χ4n) is 2.67. The van der Waals surface area contributed by atoms with Crippen molar-refractivity contribution in [3.05, 3.63) is 47.0 Å². The number of hydrogen-bond acceptors (Lipinski definition) is 3. The molecular weight excluding hydrogens is 236 g/mol. The maximum Gasteiger partial charge on any atom is 0.137 e. The van der Waals surface area contributed by atoms with Crippen LogP contribution < -0.4 is 5.73 Å². The molecule has 1 aliphatic rings. The number of aryl methyl sites for hydroxylation is 1. The Hall–Kier alpha value is -1.68. The lowest BCUT2D eigenvalue weighted by atomic mass is 9.98. The van der Waals surface area contributed by atoms with Gasteiger partial charge in [-0.05, 0) is 31.4 Å². The largest absolute Gasteiger partial charge is 0.330 e. The van der Waals surface area contributed by atoms with E-state index >= 15 is 0 Å². The van der Waals surface area contributed by atoms with Crippen molar-refractivity contribution in [1.29, 1.82) is 0 Å². The summed E-state index contributed by atoms with van der Waals surface area (Å²) in [5, 5.41) is 8.68. The van der Waals surface area contributed by atoms with Gasteiger partial charge in [0.1, 0.15) is 11.6 Å². The second-order valence-corrected chi connectivity index (χ2v) is 5.44. The molecule has 0 saturated heterocycles. The van der Waals surface area contributed by atoms with E-state index in [9.17, 15) is 0 Å². The maximum atomic E-state index is 5.75. The molecule has 1 aromatic heterocycles. The van der Waals surface area contributed by atoms with Crippen molar-refractivity contribution in [3.63, 3.8) is 0 Å². The standard InChI is InChI=1S/C15H20N4/c1-11-2-4-12(5-3-11)8-14-17-18-15-9-13(10-16)6-7-19(14)15/h2-5,13H,6-10,16H2,1H3. The Bertz CT molecular complexity index is 556. The third kappa shape index (κ3) is 2.54. The number of nitrogens with two attached hydrogens (primary N) is 1. The minimum atomic E-state index is 0.573. The lowest BCUT2D eigenvalue weighted by Gasteiger charge is -2.22. The van der Waals surface area contributed by atoms with Crippen LogP contribution >= 0.6 is 0 Å². The number of hydrogen-bond donors (Lipinski definition) is 1. The van der Waals surface area contributed by atoms with Gasteiger partial charge in [0, 0.05) is 19.4 Å². The van der Waals surface area contributed by atoms with Crippen LogP contribution in [0.15, 0.2) is 24.3 Å². The highest BCUT2D eigenvalue weighted by atomic mass is 15.3. The van der Waals surface area contributed by atoms with Crippen LogP contribution in [0.5, 0.6) is 0 Å². The van der Waals surface area contributed by atoms with Gasteiger partial charge in [0.05, 0.1) is 0 Å². The fraction of sp³-hybridized carbons (Fsp3) is 0.467. The fourth-order valence-corrected chi connectivity index (χ4v) is 2.67. The van der Waals surface area contributed by atoms with E-state index in [4.69, 9.17) is 5.73 Å². The van der Waals surface area contributed by atoms with Gasteiger partial charge in [-0.1, -0.05) is 29.8 Å². The molecule has 1 aliphatic heterocycles. The smallest absolute Gasteiger partial charge is 0.137 e. The van der Waals surface area contributed by atoms with Crippen LogP contribution in [0.2, 0.25) is 0 Å². The van der Waals surface area contributed by atoms with Crippen molar-refractivity contribution in [3.8, 4) is 0 Å². The summed E-state index contributed by atoms with van der Waals surface area (Å²) in [5.74, 6) is 2.75. The first kappa shape index (κ1) is 12.4. The molecule has 0 saturated carbocycles. The summed E-state index contributed by atoms with van der Waals surface area (Å²) >= 11 is 0. The Morgan fingerprint density at radius 1 is 1.26 bits per heavy atom. The van der Waals surface area contributed by atoms with Gasteiger partial charge < -0.3 is 10.3 Å². The third-order valence-corrected chi connectivity index (χ3v) is 3.95. The summed E-state index contributed by atoms with van der Waals surface area (Å²) in [7, 11) is 0. The molecule has 1 atom stereocenters. The first-order valence-electron chi connectivity index (χ1n) is 6.93.